The number of benzene rings is 1. The molecule has 0 spiro atoms. The van der Waals surface area contributed by atoms with Crippen LogP contribution in [0.5, 0.6) is 5.75 Å². The van der Waals surface area contributed by atoms with E-state index in [2.05, 4.69) is 4.74 Å². The normalized spacial score (nSPS) is 18.3. The van der Waals surface area contributed by atoms with Crippen LogP contribution in [-0.4, -0.2) is 48.6 Å². The van der Waals surface area contributed by atoms with E-state index in [1.165, 1.54) is 12.1 Å². The van der Waals surface area contributed by atoms with Crippen LogP contribution in [0.25, 0.3) is 0 Å². The average Bonchev–Trinajstić information content (AvgIpc) is 2.57. The Balaban J connectivity index is 1.76. The molecule has 152 valence electrons. The minimum absolute atomic E-state index is 0.0364. The summed E-state index contributed by atoms with van der Waals surface area (Å²) in [7, 11) is 0. The van der Waals surface area contributed by atoms with Crippen molar-refractivity contribution in [3.63, 3.8) is 0 Å². The highest BCUT2D eigenvalue weighted by Gasteiger charge is 2.31. The van der Waals surface area contributed by atoms with Gasteiger partial charge in [-0.05, 0) is 51.3 Å². The summed E-state index contributed by atoms with van der Waals surface area (Å²) in [6, 6.07) is 5.65. The Hall–Kier alpha value is -1.64. The molecule has 1 aromatic rings. The maximum absolute atomic E-state index is 12.2. The molecule has 1 fully saturated rings. The predicted molar refractivity (Wildman–Crippen MR) is 93.2 cm³/mol. The van der Waals surface area contributed by atoms with Crippen molar-refractivity contribution in [1.82, 2.24) is 4.90 Å². The van der Waals surface area contributed by atoms with Gasteiger partial charge >= 0.3 is 6.36 Å². The summed E-state index contributed by atoms with van der Waals surface area (Å²) in [5.74, 6) is -0.252. The first-order valence-corrected chi connectivity index (χ1v) is 8.89. The van der Waals surface area contributed by atoms with Crippen molar-refractivity contribution >= 4 is 6.29 Å². The van der Waals surface area contributed by atoms with Crippen LogP contribution in [-0.2, 0) is 20.9 Å². The summed E-state index contributed by atoms with van der Waals surface area (Å²) >= 11 is 0. The van der Waals surface area contributed by atoms with Crippen molar-refractivity contribution in [2.24, 2.45) is 0 Å². The van der Waals surface area contributed by atoms with Gasteiger partial charge in [-0.15, -0.1) is 13.2 Å². The number of carbonyl (C=O) groups is 1. The van der Waals surface area contributed by atoms with Gasteiger partial charge in [0.05, 0.1) is 18.3 Å². The molecule has 0 aromatic heterocycles. The fourth-order valence-corrected chi connectivity index (χ4v) is 2.85. The SMILES string of the molecule is CC(C)(C)OC(C=O)N1CCC(OCc2ccc(OC(F)(F)F)cc2)CC1. The molecule has 5 nitrogen and oxygen atoms in total. The second-order valence-electron chi connectivity index (χ2n) is 7.49. The first-order valence-electron chi connectivity index (χ1n) is 8.89. The Morgan fingerprint density at radius 1 is 1.15 bits per heavy atom. The summed E-state index contributed by atoms with van der Waals surface area (Å²) < 4.78 is 51.9. The van der Waals surface area contributed by atoms with Gasteiger partial charge in [0.1, 0.15) is 5.75 Å². The number of rotatable bonds is 7. The molecule has 0 bridgehead atoms. The number of carbonyl (C=O) groups excluding carboxylic acids is 1. The van der Waals surface area contributed by atoms with Crippen LogP contribution < -0.4 is 4.74 Å². The van der Waals surface area contributed by atoms with Gasteiger partial charge in [0.2, 0.25) is 0 Å². The van der Waals surface area contributed by atoms with Gasteiger partial charge in [0.25, 0.3) is 0 Å². The van der Waals surface area contributed by atoms with Gasteiger partial charge in [-0.2, -0.15) is 0 Å². The monoisotopic (exact) mass is 389 g/mol. The van der Waals surface area contributed by atoms with Crippen LogP contribution in [0.3, 0.4) is 0 Å². The molecule has 1 aliphatic heterocycles. The number of aldehydes is 1. The summed E-state index contributed by atoms with van der Waals surface area (Å²) in [6.07, 6.45) is -2.89. The van der Waals surface area contributed by atoms with E-state index in [0.717, 1.165) is 24.7 Å². The smallest absolute Gasteiger partial charge is 0.406 e. The Morgan fingerprint density at radius 3 is 2.22 bits per heavy atom. The summed E-state index contributed by atoms with van der Waals surface area (Å²) in [4.78, 5) is 13.3. The molecule has 0 N–H and O–H groups in total. The fourth-order valence-electron chi connectivity index (χ4n) is 2.85. The largest absolute Gasteiger partial charge is 0.573 e. The maximum Gasteiger partial charge on any atom is 0.573 e. The van der Waals surface area contributed by atoms with Gasteiger partial charge in [-0.25, -0.2) is 0 Å². The van der Waals surface area contributed by atoms with E-state index in [4.69, 9.17) is 9.47 Å². The lowest BCUT2D eigenvalue weighted by molar-refractivity contribution is -0.274. The second-order valence-corrected chi connectivity index (χ2v) is 7.49. The molecular weight excluding hydrogens is 363 g/mol. The first kappa shape index (κ1) is 21.7. The maximum atomic E-state index is 12.2. The Bertz CT molecular complexity index is 590. The summed E-state index contributed by atoms with van der Waals surface area (Å²) in [5.41, 5.74) is 0.370. The van der Waals surface area contributed by atoms with E-state index in [0.29, 0.717) is 19.7 Å². The van der Waals surface area contributed by atoms with E-state index in [1.807, 2.05) is 25.7 Å². The van der Waals surface area contributed by atoms with Gasteiger partial charge in [0, 0.05) is 13.1 Å². The molecule has 0 radical (unpaired) electrons. The van der Waals surface area contributed by atoms with Crippen LogP contribution in [0.15, 0.2) is 24.3 Å². The van der Waals surface area contributed by atoms with Gasteiger partial charge in [-0.3, -0.25) is 9.69 Å². The molecule has 1 saturated heterocycles. The topological polar surface area (TPSA) is 48.0 Å². The number of likely N-dealkylation sites (tertiary alicyclic amines) is 1. The minimum Gasteiger partial charge on any atom is -0.406 e. The standard InChI is InChI=1S/C19H26F3NO4/c1-18(2,3)27-17(12-24)23-10-8-15(9-11-23)25-13-14-4-6-16(7-5-14)26-19(20,21)22/h4-7,12,15,17H,8-11,13H2,1-3H3. The van der Waals surface area contributed by atoms with Crippen molar-refractivity contribution in [3.8, 4) is 5.75 Å². The Kier molecular flexibility index (Phi) is 7.25. The van der Waals surface area contributed by atoms with E-state index < -0.39 is 18.2 Å². The molecule has 2 rings (SSSR count). The third-order valence-corrected chi connectivity index (χ3v) is 4.07. The van der Waals surface area contributed by atoms with E-state index >= 15 is 0 Å². The third kappa shape index (κ3) is 7.86. The summed E-state index contributed by atoms with van der Waals surface area (Å²) in [6.45, 7) is 7.40. The van der Waals surface area contributed by atoms with Crippen LogP contribution in [0, 0.1) is 0 Å². The number of ether oxygens (including phenoxy) is 3. The van der Waals surface area contributed by atoms with E-state index in [1.54, 1.807) is 12.1 Å². The zero-order chi connectivity index (χ0) is 20.1. The lowest BCUT2D eigenvalue weighted by Crippen LogP contribution is -2.47. The number of hydrogen-bond acceptors (Lipinski definition) is 5. The Morgan fingerprint density at radius 2 is 1.74 bits per heavy atom. The molecular formula is C19H26F3NO4. The van der Waals surface area contributed by atoms with Crippen molar-refractivity contribution < 1.29 is 32.2 Å². The molecule has 0 aliphatic carbocycles. The predicted octanol–water partition coefficient (Wildman–Crippen LogP) is 3.91. The highest BCUT2D eigenvalue weighted by Crippen LogP contribution is 2.24. The first-order chi connectivity index (χ1) is 12.6. The van der Waals surface area contributed by atoms with Gasteiger partial charge in [-0.1, -0.05) is 12.1 Å². The van der Waals surface area contributed by atoms with Crippen LogP contribution >= 0.6 is 0 Å². The molecule has 1 aliphatic rings. The number of hydrogen-bond donors (Lipinski definition) is 0. The highest BCUT2D eigenvalue weighted by molar-refractivity contribution is 5.55. The number of halogens is 3. The van der Waals surface area contributed by atoms with Crippen molar-refractivity contribution in [3.05, 3.63) is 29.8 Å². The molecule has 1 atom stereocenters. The fraction of sp³-hybridized carbons (Fsp3) is 0.632. The van der Waals surface area contributed by atoms with Crippen LogP contribution in [0.2, 0.25) is 0 Å². The van der Waals surface area contributed by atoms with Crippen molar-refractivity contribution in [2.45, 2.75) is 64.5 Å². The van der Waals surface area contributed by atoms with E-state index in [9.17, 15) is 18.0 Å². The number of piperidine rings is 1. The van der Waals surface area contributed by atoms with Crippen LogP contribution in [0.4, 0.5) is 13.2 Å². The second kappa shape index (κ2) is 9.03. The average molecular weight is 389 g/mol. The van der Waals surface area contributed by atoms with Gasteiger partial charge < -0.3 is 14.2 Å². The zero-order valence-electron chi connectivity index (χ0n) is 15.8. The van der Waals surface area contributed by atoms with Crippen molar-refractivity contribution in [2.75, 3.05) is 13.1 Å². The third-order valence-electron chi connectivity index (χ3n) is 4.07. The molecule has 0 saturated carbocycles. The van der Waals surface area contributed by atoms with Gasteiger partial charge in [0.15, 0.2) is 12.5 Å². The van der Waals surface area contributed by atoms with Crippen molar-refractivity contribution in [1.29, 1.82) is 0 Å². The molecule has 8 heteroatoms. The number of alkyl halides is 3. The molecule has 0 amide bonds. The number of nitrogens with zero attached hydrogens (tertiary/aromatic N) is 1. The quantitative estimate of drug-likeness (QED) is 0.662. The zero-order valence-corrected chi connectivity index (χ0v) is 15.8. The van der Waals surface area contributed by atoms with Crippen LogP contribution in [0.1, 0.15) is 39.2 Å². The molecule has 1 unspecified atom stereocenters. The lowest BCUT2D eigenvalue weighted by Gasteiger charge is -2.37. The minimum atomic E-state index is -4.69. The van der Waals surface area contributed by atoms with E-state index in [-0.39, 0.29) is 11.9 Å². The molecule has 27 heavy (non-hydrogen) atoms. The highest BCUT2D eigenvalue weighted by atomic mass is 19.4. The Labute approximate surface area is 157 Å². The summed E-state index contributed by atoms with van der Waals surface area (Å²) in [5, 5.41) is 0. The molecule has 1 heterocycles. The molecule has 1 aromatic carbocycles. The lowest BCUT2D eigenvalue weighted by atomic mass is 10.1.